The van der Waals surface area contributed by atoms with Crippen molar-refractivity contribution in [1.82, 2.24) is 10.2 Å². The maximum atomic E-state index is 6.07. The number of guanidine groups is 1. The van der Waals surface area contributed by atoms with Gasteiger partial charge in [-0.25, -0.2) is 0 Å². The molecule has 1 aromatic carbocycles. The molecule has 0 radical (unpaired) electrons. The van der Waals surface area contributed by atoms with Crippen LogP contribution >= 0.6 is 24.0 Å². The van der Waals surface area contributed by atoms with Gasteiger partial charge in [0.05, 0.1) is 13.2 Å². The average molecular weight is 469 g/mol. The fourth-order valence-corrected chi connectivity index (χ4v) is 4.29. The maximum absolute atomic E-state index is 6.07. The van der Waals surface area contributed by atoms with Crippen LogP contribution in [-0.4, -0.2) is 44.1 Å². The summed E-state index contributed by atoms with van der Waals surface area (Å²) in [6.45, 7) is 5.81. The molecule has 2 saturated carbocycles. The molecule has 3 fully saturated rings. The third-order valence-corrected chi connectivity index (χ3v) is 6.06. The quantitative estimate of drug-likeness (QED) is 0.403. The SMILES string of the molecule is CN=C(NCC(C1CC1)C1CC1)N1CCOC(c2ccccc2C)C1.I. The van der Waals surface area contributed by atoms with Crippen LogP contribution in [0.5, 0.6) is 0 Å². The van der Waals surface area contributed by atoms with Crippen LogP contribution in [0.1, 0.15) is 42.9 Å². The average Bonchev–Trinajstić information content (AvgIpc) is 3.54. The summed E-state index contributed by atoms with van der Waals surface area (Å²) in [6, 6.07) is 8.56. The first-order chi connectivity index (χ1) is 12.3. The monoisotopic (exact) mass is 469 g/mol. The van der Waals surface area contributed by atoms with Gasteiger partial charge in [0.15, 0.2) is 5.96 Å². The minimum Gasteiger partial charge on any atom is -0.370 e. The van der Waals surface area contributed by atoms with Crippen LogP contribution in [-0.2, 0) is 4.74 Å². The van der Waals surface area contributed by atoms with Gasteiger partial charge in [-0.3, -0.25) is 4.99 Å². The highest BCUT2D eigenvalue weighted by molar-refractivity contribution is 14.0. The summed E-state index contributed by atoms with van der Waals surface area (Å²) in [5, 5.41) is 3.69. The van der Waals surface area contributed by atoms with E-state index in [4.69, 9.17) is 4.74 Å². The minimum atomic E-state index is 0. The van der Waals surface area contributed by atoms with Crippen molar-refractivity contribution in [3.05, 3.63) is 35.4 Å². The van der Waals surface area contributed by atoms with E-state index in [9.17, 15) is 0 Å². The van der Waals surface area contributed by atoms with Crippen LogP contribution in [0.4, 0.5) is 0 Å². The lowest BCUT2D eigenvalue weighted by molar-refractivity contribution is -0.00839. The Morgan fingerprint density at radius 2 is 1.92 bits per heavy atom. The van der Waals surface area contributed by atoms with E-state index in [1.54, 1.807) is 0 Å². The number of nitrogens with zero attached hydrogens (tertiary/aromatic N) is 2. The van der Waals surface area contributed by atoms with Crippen LogP contribution in [0.15, 0.2) is 29.3 Å². The second-order valence-electron chi connectivity index (χ2n) is 7.93. The summed E-state index contributed by atoms with van der Waals surface area (Å²) < 4.78 is 6.07. The molecule has 1 heterocycles. The van der Waals surface area contributed by atoms with E-state index in [2.05, 4.69) is 46.4 Å². The second-order valence-corrected chi connectivity index (χ2v) is 7.93. The molecule has 4 nitrogen and oxygen atoms in total. The highest BCUT2D eigenvalue weighted by atomic mass is 127. The van der Waals surface area contributed by atoms with Crippen molar-refractivity contribution in [2.24, 2.45) is 22.7 Å². The number of benzene rings is 1. The highest BCUT2D eigenvalue weighted by Crippen LogP contribution is 2.48. The number of rotatable bonds is 5. The Morgan fingerprint density at radius 3 is 2.54 bits per heavy atom. The molecule has 1 unspecified atom stereocenters. The second kappa shape index (κ2) is 8.91. The number of hydrogen-bond acceptors (Lipinski definition) is 2. The topological polar surface area (TPSA) is 36.9 Å². The van der Waals surface area contributed by atoms with Crippen LogP contribution in [0.3, 0.4) is 0 Å². The van der Waals surface area contributed by atoms with Gasteiger partial charge in [0.1, 0.15) is 6.10 Å². The zero-order valence-electron chi connectivity index (χ0n) is 16.0. The van der Waals surface area contributed by atoms with Gasteiger partial charge < -0.3 is 15.0 Å². The molecule has 4 rings (SSSR count). The van der Waals surface area contributed by atoms with Crippen molar-refractivity contribution in [1.29, 1.82) is 0 Å². The van der Waals surface area contributed by atoms with Crippen molar-refractivity contribution < 1.29 is 4.74 Å². The molecule has 26 heavy (non-hydrogen) atoms. The summed E-state index contributed by atoms with van der Waals surface area (Å²) in [5.74, 6) is 3.86. The summed E-state index contributed by atoms with van der Waals surface area (Å²) in [7, 11) is 1.91. The number of hydrogen-bond donors (Lipinski definition) is 1. The number of morpholine rings is 1. The molecule has 1 aromatic rings. The Labute approximate surface area is 174 Å². The Balaban J connectivity index is 0.00000196. The van der Waals surface area contributed by atoms with Crippen molar-refractivity contribution in [3.63, 3.8) is 0 Å². The van der Waals surface area contributed by atoms with E-state index < -0.39 is 0 Å². The van der Waals surface area contributed by atoms with Gasteiger partial charge in [0.25, 0.3) is 0 Å². The van der Waals surface area contributed by atoms with E-state index in [1.807, 2.05) is 7.05 Å². The summed E-state index contributed by atoms with van der Waals surface area (Å²) in [4.78, 5) is 6.94. The van der Waals surface area contributed by atoms with E-state index in [0.29, 0.717) is 0 Å². The predicted molar refractivity (Wildman–Crippen MR) is 117 cm³/mol. The molecular weight excluding hydrogens is 437 g/mol. The molecule has 5 heteroatoms. The van der Waals surface area contributed by atoms with Crippen molar-refractivity contribution in [2.45, 2.75) is 38.7 Å². The number of aryl methyl sites for hydroxylation is 1. The fourth-order valence-electron chi connectivity index (χ4n) is 4.29. The first kappa shape index (κ1) is 19.9. The Morgan fingerprint density at radius 1 is 1.23 bits per heavy atom. The molecule has 0 amide bonds. The van der Waals surface area contributed by atoms with Crippen LogP contribution in [0, 0.1) is 24.7 Å². The Hall–Kier alpha value is -0.820. The van der Waals surface area contributed by atoms with E-state index in [1.165, 1.54) is 36.8 Å². The largest absolute Gasteiger partial charge is 0.370 e. The van der Waals surface area contributed by atoms with E-state index in [-0.39, 0.29) is 30.1 Å². The Kier molecular flexibility index (Phi) is 6.83. The molecule has 1 N–H and O–H groups in total. The number of nitrogens with one attached hydrogen (secondary N) is 1. The van der Waals surface area contributed by atoms with Crippen molar-refractivity contribution >= 4 is 29.9 Å². The van der Waals surface area contributed by atoms with Gasteiger partial charge in [-0.2, -0.15) is 0 Å². The standard InChI is InChI=1S/C21H31N3O.HI/c1-15-5-3-4-6-18(15)20-14-24(11-12-25-20)21(22-2)23-13-19(16-7-8-16)17-9-10-17;/h3-6,16-17,19-20H,7-14H2,1-2H3,(H,22,23);1H. The third kappa shape index (κ3) is 4.71. The molecule has 1 aliphatic heterocycles. The molecule has 144 valence electrons. The van der Waals surface area contributed by atoms with Crippen LogP contribution in [0.2, 0.25) is 0 Å². The molecule has 0 aromatic heterocycles. The summed E-state index contributed by atoms with van der Waals surface area (Å²) >= 11 is 0. The zero-order chi connectivity index (χ0) is 17.2. The maximum Gasteiger partial charge on any atom is 0.193 e. The number of aliphatic imine (C=N–C) groups is 1. The normalized spacial score (nSPS) is 23.7. The van der Waals surface area contributed by atoms with Gasteiger partial charge >= 0.3 is 0 Å². The molecule has 1 atom stereocenters. The summed E-state index contributed by atoms with van der Waals surface area (Å²) in [5.41, 5.74) is 2.61. The molecule has 0 bridgehead atoms. The molecule has 0 spiro atoms. The highest BCUT2D eigenvalue weighted by Gasteiger charge is 2.41. The lowest BCUT2D eigenvalue weighted by Gasteiger charge is -2.36. The zero-order valence-corrected chi connectivity index (χ0v) is 18.3. The van der Waals surface area contributed by atoms with Gasteiger partial charge in [-0.05, 0) is 61.5 Å². The van der Waals surface area contributed by atoms with Crippen LogP contribution < -0.4 is 5.32 Å². The van der Waals surface area contributed by atoms with Crippen molar-refractivity contribution in [2.75, 3.05) is 33.3 Å². The molecule has 2 aliphatic carbocycles. The van der Waals surface area contributed by atoms with Gasteiger partial charge in [-0.15, -0.1) is 24.0 Å². The van der Waals surface area contributed by atoms with Crippen LogP contribution in [0.25, 0.3) is 0 Å². The molecule has 3 aliphatic rings. The van der Waals surface area contributed by atoms with E-state index in [0.717, 1.165) is 50.0 Å². The fraction of sp³-hybridized carbons (Fsp3) is 0.667. The third-order valence-electron chi connectivity index (χ3n) is 6.06. The minimum absolute atomic E-state index is 0. The van der Waals surface area contributed by atoms with E-state index >= 15 is 0 Å². The van der Waals surface area contributed by atoms with Gasteiger partial charge in [0.2, 0.25) is 0 Å². The first-order valence-electron chi connectivity index (χ1n) is 9.89. The predicted octanol–water partition coefficient (Wildman–Crippen LogP) is 4.00. The lowest BCUT2D eigenvalue weighted by atomic mass is 9.98. The van der Waals surface area contributed by atoms with Gasteiger partial charge in [-0.1, -0.05) is 24.3 Å². The van der Waals surface area contributed by atoms with Gasteiger partial charge in [0, 0.05) is 20.1 Å². The Bertz CT molecular complexity index is 615. The number of ether oxygens (including phenoxy) is 1. The molecular formula is C21H32IN3O. The molecule has 1 saturated heterocycles. The summed E-state index contributed by atoms with van der Waals surface area (Å²) in [6.07, 6.45) is 5.89. The van der Waals surface area contributed by atoms with Crippen molar-refractivity contribution in [3.8, 4) is 0 Å². The smallest absolute Gasteiger partial charge is 0.193 e. The first-order valence-corrected chi connectivity index (χ1v) is 9.89. The lowest BCUT2D eigenvalue weighted by Crippen LogP contribution is -2.49. The number of halogens is 1.